The van der Waals surface area contributed by atoms with Gasteiger partial charge in [-0.3, -0.25) is 14.4 Å². The van der Waals surface area contributed by atoms with Crippen molar-refractivity contribution in [2.75, 3.05) is 6.61 Å². The van der Waals surface area contributed by atoms with E-state index < -0.39 is 104 Å². The lowest BCUT2D eigenvalue weighted by molar-refractivity contribution is -0.277. The number of rotatable bonds is 7. The van der Waals surface area contributed by atoms with Gasteiger partial charge in [-0.1, -0.05) is 0 Å². The van der Waals surface area contributed by atoms with Crippen molar-refractivity contribution >= 4 is 32.9 Å². The molecule has 25 heteroatoms. The first-order chi connectivity index (χ1) is 34.4. The van der Waals surface area contributed by atoms with Crippen molar-refractivity contribution in [3.8, 4) is 34.5 Å². The molecule has 3 aromatic carbocycles. The van der Waals surface area contributed by atoms with Gasteiger partial charge in [-0.2, -0.15) is 0 Å². The topological polar surface area (TPSA) is 409 Å². The Hall–Kier alpha value is -6.43. The molecule has 3 aromatic heterocycles. The minimum Gasteiger partial charge on any atom is -0.508 e. The number of aliphatic hydroxyl groups is 10. The Bertz CT molecular complexity index is 3100. The van der Waals surface area contributed by atoms with Gasteiger partial charge in [-0.05, 0) is 34.6 Å². The highest BCUT2D eigenvalue weighted by Gasteiger charge is 2.46. The number of phenols is 3. The summed E-state index contributed by atoms with van der Waals surface area (Å²) in [5.74, 6) is 0.165. The Morgan fingerprint density at radius 3 is 1.23 bits per heavy atom. The average Bonchev–Trinajstić information content (AvgIpc) is 3.30. The molecule has 0 radical (unpaired) electrons. The number of aryl methyl sites for hydroxylation is 3. The van der Waals surface area contributed by atoms with Crippen molar-refractivity contribution < 1.29 is 108 Å². The summed E-state index contributed by atoms with van der Waals surface area (Å²) in [4.78, 5) is 36.1. The average molecular weight is 1030 g/mol. The Labute approximate surface area is 410 Å². The van der Waals surface area contributed by atoms with Crippen LogP contribution in [0.5, 0.6) is 34.5 Å². The predicted molar refractivity (Wildman–Crippen MR) is 247 cm³/mol. The molecule has 25 nitrogen and oxygen atoms in total. The fourth-order valence-electron chi connectivity index (χ4n) is 8.10. The first-order valence-corrected chi connectivity index (χ1v) is 22.4. The second-order valence-corrected chi connectivity index (χ2v) is 17.5. The molecule has 3 fully saturated rings. The Morgan fingerprint density at radius 1 is 0.438 bits per heavy atom. The van der Waals surface area contributed by atoms with Crippen LogP contribution < -0.4 is 30.5 Å². The number of ether oxygens (including phenoxy) is 6. The maximum atomic E-state index is 12.2. The maximum Gasteiger partial charge on any atom is 0.229 e. The smallest absolute Gasteiger partial charge is 0.229 e. The van der Waals surface area contributed by atoms with Crippen LogP contribution in [-0.4, -0.2) is 165 Å². The quantitative estimate of drug-likeness (QED) is 0.0913. The molecule has 15 atom stereocenters. The second kappa shape index (κ2) is 22.0. The molecule has 396 valence electrons. The highest BCUT2D eigenvalue weighted by atomic mass is 16.7. The van der Waals surface area contributed by atoms with Crippen molar-refractivity contribution in [2.24, 2.45) is 0 Å². The van der Waals surface area contributed by atoms with Crippen LogP contribution in [0.2, 0.25) is 0 Å². The van der Waals surface area contributed by atoms with Crippen molar-refractivity contribution in [1.82, 2.24) is 0 Å². The summed E-state index contributed by atoms with van der Waals surface area (Å²) in [6, 6.07) is 11.2. The molecule has 13 N–H and O–H groups in total. The molecule has 9 rings (SSSR count). The van der Waals surface area contributed by atoms with Crippen LogP contribution >= 0.6 is 0 Å². The normalized spacial score (nSPS) is 30.2. The summed E-state index contributed by atoms with van der Waals surface area (Å²) in [7, 11) is 0. The number of fused-ring (bicyclic) bond motifs is 3. The molecule has 3 aliphatic heterocycles. The van der Waals surface area contributed by atoms with Crippen molar-refractivity contribution in [3.63, 3.8) is 0 Å². The highest BCUT2D eigenvalue weighted by molar-refractivity contribution is 5.86. The van der Waals surface area contributed by atoms with Crippen LogP contribution in [0.3, 0.4) is 0 Å². The molecule has 0 aliphatic carbocycles. The van der Waals surface area contributed by atoms with E-state index in [1.807, 2.05) is 0 Å². The lowest BCUT2D eigenvalue weighted by atomic mass is 9.99. The standard InChI is InChI=1S/C16H18O9.2C16H18O8/c1-6-2-8(18)12-9(19)3-7(4-10(12)23-6)24-16-15(22)14(21)13(20)11(5-17)25-16;1-6-3-9(17)12-10(18)4-8(5-11(12)22-6)24-16-15(21)14(20)13(19)7(2)23-16;1-6-3-9(18)12-10(22-6)4-8(17)5-11(12)24-16-15(21)14(20)13(19)7(2)23-16/h2-4,11,13-17,19-22H,5H2,1H3;3-5,7,13-16,18-21H,1-2H3;3-5,7,13-17,19-21H,1-2H3. The van der Waals surface area contributed by atoms with E-state index in [0.29, 0.717) is 17.3 Å². The first-order valence-electron chi connectivity index (χ1n) is 22.4. The zero-order valence-corrected chi connectivity index (χ0v) is 39.3. The number of hydrogen-bond acceptors (Lipinski definition) is 25. The SMILES string of the molecule is Cc1cc(=O)c2c(O)cc(OC3OC(C)C(O)C(O)C3O)cc2o1.Cc1cc(=O)c2c(O)cc(OC3OC(CO)C(O)C(O)C3O)cc2o1.Cc1cc(=O)c2c(OC3OC(C)C(O)C(O)C3O)cc(O)cc2o1. The molecule has 0 bridgehead atoms. The van der Waals surface area contributed by atoms with E-state index in [1.165, 1.54) is 62.4 Å². The molecule has 3 aliphatic rings. The summed E-state index contributed by atoms with van der Waals surface area (Å²) >= 11 is 0. The van der Waals surface area contributed by atoms with Crippen LogP contribution in [0.1, 0.15) is 31.1 Å². The summed E-state index contributed by atoms with van der Waals surface area (Å²) in [6.07, 6.45) is -19.8. The van der Waals surface area contributed by atoms with Crippen LogP contribution in [0.15, 0.2) is 82.2 Å². The molecule has 15 unspecified atom stereocenters. The Balaban J connectivity index is 0.000000160. The fraction of sp³-hybridized carbons (Fsp3) is 0.438. The van der Waals surface area contributed by atoms with Gasteiger partial charge in [0.05, 0.1) is 18.8 Å². The van der Waals surface area contributed by atoms with Gasteiger partial charge in [0.15, 0.2) is 16.3 Å². The summed E-state index contributed by atoms with van der Waals surface area (Å²) in [6.45, 7) is 7.20. The summed E-state index contributed by atoms with van der Waals surface area (Å²) < 4.78 is 48.5. The zero-order valence-electron chi connectivity index (χ0n) is 39.3. The third kappa shape index (κ3) is 11.5. The third-order valence-electron chi connectivity index (χ3n) is 11.9. The van der Waals surface area contributed by atoms with E-state index in [-0.39, 0.29) is 78.3 Å². The monoisotopic (exact) mass is 1030 g/mol. The number of hydrogen-bond donors (Lipinski definition) is 13. The second-order valence-electron chi connectivity index (χ2n) is 17.5. The largest absolute Gasteiger partial charge is 0.508 e. The Morgan fingerprint density at radius 2 is 0.808 bits per heavy atom. The Kier molecular flexibility index (Phi) is 16.4. The van der Waals surface area contributed by atoms with Gasteiger partial charge in [-0.25, -0.2) is 0 Å². The van der Waals surface area contributed by atoms with Gasteiger partial charge >= 0.3 is 0 Å². The summed E-state index contributed by atoms with van der Waals surface area (Å²) in [5.41, 5.74) is -0.885. The lowest BCUT2D eigenvalue weighted by Gasteiger charge is -2.39. The van der Waals surface area contributed by atoms with E-state index in [0.717, 1.165) is 6.07 Å². The lowest BCUT2D eigenvalue weighted by Crippen LogP contribution is -2.60. The number of aromatic hydroxyl groups is 3. The first kappa shape index (κ1) is 54.3. The van der Waals surface area contributed by atoms with Crippen molar-refractivity contribution in [3.05, 3.63) is 103 Å². The van der Waals surface area contributed by atoms with E-state index in [4.69, 9.17) is 41.7 Å². The minimum absolute atomic E-state index is 0.00285. The van der Waals surface area contributed by atoms with Gasteiger partial charge < -0.3 is 108 Å². The van der Waals surface area contributed by atoms with Crippen LogP contribution in [-0.2, 0) is 14.2 Å². The van der Waals surface area contributed by atoms with E-state index in [2.05, 4.69) is 0 Å². The molecule has 73 heavy (non-hydrogen) atoms. The van der Waals surface area contributed by atoms with Crippen LogP contribution in [0, 0.1) is 20.8 Å². The number of aliphatic hydroxyl groups excluding tert-OH is 10. The van der Waals surface area contributed by atoms with Crippen LogP contribution in [0.4, 0.5) is 0 Å². The van der Waals surface area contributed by atoms with Gasteiger partial charge in [0, 0.05) is 54.6 Å². The van der Waals surface area contributed by atoms with Crippen molar-refractivity contribution in [2.45, 2.75) is 127 Å². The van der Waals surface area contributed by atoms with E-state index in [9.17, 15) is 80.8 Å². The molecule has 3 saturated heterocycles. The molecule has 0 saturated carbocycles. The fourth-order valence-corrected chi connectivity index (χ4v) is 8.10. The predicted octanol–water partition coefficient (Wildman–Crippen LogP) is -0.988. The van der Waals surface area contributed by atoms with Gasteiger partial charge in [0.2, 0.25) is 18.9 Å². The van der Waals surface area contributed by atoms with Gasteiger partial charge in [-0.15, -0.1) is 0 Å². The molecule has 6 aromatic rings. The molecular formula is C48H54O25. The number of phenolic OH excluding ortho intramolecular Hbond substituents is 3. The van der Waals surface area contributed by atoms with E-state index >= 15 is 0 Å². The van der Waals surface area contributed by atoms with Crippen molar-refractivity contribution in [1.29, 1.82) is 0 Å². The minimum atomic E-state index is -1.60. The van der Waals surface area contributed by atoms with Gasteiger partial charge in [0.25, 0.3) is 0 Å². The third-order valence-corrected chi connectivity index (χ3v) is 11.9. The van der Waals surface area contributed by atoms with E-state index in [1.54, 1.807) is 20.8 Å². The maximum absolute atomic E-state index is 12.2. The molecule has 0 spiro atoms. The highest BCUT2D eigenvalue weighted by Crippen LogP contribution is 2.35. The number of benzene rings is 3. The zero-order chi connectivity index (χ0) is 53.5. The van der Waals surface area contributed by atoms with Gasteiger partial charge in [0.1, 0.15) is 146 Å². The molecule has 6 heterocycles. The molecular weight excluding hydrogens is 977 g/mol. The molecule has 0 amide bonds. The summed E-state index contributed by atoms with van der Waals surface area (Å²) in [5, 5.41) is 128. The van der Waals surface area contributed by atoms with Crippen LogP contribution in [0.25, 0.3) is 32.9 Å².